The molecule has 0 unspecified atom stereocenters. The molecule has 1 aromatic rings. The number of rotatable bonds is 7. The van der Waals surface area contributed by atoms with Crippen LogP contribution in [-0.4, -0.2) is 23.0 Å². The second kappa shape index (κ2) is 8.05. The van der Waals surface area contributed by atoms with Gasteiger partial charge >= 0.3 is 0 Å². The molecule has 5 heteroatoms. The molecule has 2 N–H and O–H groups in total. The van der Waals surface area contributed by atoms with Crippen LogP contribution >= 0.6 is 35.4 Å². The number of nitrogens with two attached hydrogens (primary N) is 1. The van der Waals surface area contributed by atoms with Crippen LogP contribution < -0.4 is 5.73 Å². The maximum absolute atomic E-state index is 6.21. The van der Waals surface area contributed by atoms with E-state index in [0.717, 1.165) is 25.2 Å². The van der Waals surface area contributed by atoms with E-state index in [0.29, 0.717) is 27.4 Å². The van der Waals surface area contributed by atoms with Crippen LogP contribution in [0.15, 0.2) is 18.2 Å². The van der Waals surface area contributed by atoms with Gasteiger partial charge in [0.2, 0.25) is 0 Å². The summed E-state index contributed by atoms with van der Waals surface area (Å²) in [5.41, 5.74) is 6.54. The molecule has 0 saturated heterocycles. The summed E-state index contributed by atoms with van der Waals surface area (Å²) < 4.78 is 0. The van der Waals surface area contributed by atoms with Crippen molar-refractivity contribution < 1.29 is 0 Å². The van der Waals surface area contributed by atoms with E-state index in [9.17, 15) is 0 Å². The molecule has 0 bridgehead atoms. The van der Waals surface area contributed by atoms with E-state index in [2.05, 4.69) is 18.7 Å². The zero-order valence-corrected chi connectivity index (χ0v) is 13.7. The minimum absolute atomic E-state index is 0.541. The Hall–Kier alpha value is -0.350. The Morgan fingerprint density at radius 1 is 1.32 bits per heavy atom. The molecule has 2 nitrogen and oxygen atoms in total. The smallest absolute Gasteiger partial charge is 0.0740 e. The molecule has 0 saturated carbocycles. The first-order chi connectivity index (χ1) is 8.90. The molecule has 0 aliphatic heterocycles. The third-order valence-electron chi connectivity index (χ3n) is 2.74. The van der Waals surface area contributed by atoms with Crippen LogP contribution in [0.3, 0.4) is 0 Å². The SMILES string of the molecule is CC(C)CN(CCC(N)=S)Cc1c(Cl)cccc1Cl. The molecule has 0 radical (unpaired) electrons. The molecule has 0 amide bonds. The quantitative estimate of drug-likeness (QED) is 0.766. The van der Waals surface area contributed by atoms with Crippen molar-refractivity contribution in [2.24, 2.45) is 11.7 Å². The summed E-state index contributed by atoms with van der Waals surface area (Å²) >= 11 is 17.4. The van der Waals surface area contributed by atoms with Crippen molar-refractivity contribution in [3.63, 3.8) is 0 Å². The summed E-state index contributed by atoms with van der Waals surface area (Å²) in [6.07, 6.45) is 0.712. The Labute approximate surface area is 130 Å². The molecule has 0 heterocycles. The Morgan fingerprint density at radius 2 is 1.89 bits per heavy atom. The van der Waals surface area contributed by atoms with Gasteiger partial charge in [0.05, 0.1) is 4.99 Å². The van der Waals surface area contributed by atoms with E-state index in [1.54, 1.807) is 0 Å². The van der Waals surface area contributed by atoms with E-state index in [4.69, 9.17) is 41.2 Å². The van der Waals surface area contributed by atoms with Gasteiger partial charge in [0, 0.05) is 41.7 Å². The van der Waals surface area contributed by atoms with E-state index >= 15 is 0 Å². The van der Waals surface area contributed by atoms with Gasteiger partial charge in [-0.2, -0.15) is 0 Å². The minimum atomic E-state index is 0.541. The molecule has 0 atom stereocenters. The highest BCUT2D eigenvalue weighted by Gasteiger charge is 2.13. The Bertz CT molecular complexity index is 415. The minimum Gasteiger partial charge on any atom is -0.393 e. The Morgan fingerprint density at radius 3 is 2.37 bits per heavy atom. The fraction of sp³-hybridized carbons (Fsp3) is 0.500. The van der Waals surface area contributed by atoms with Crippen molar-refractivity contribution >= 4 is 40.4 Å². The molecule has 0 aromatic heterocycles. The van der Waals surface area contributed by atoms with Gasteiger partial charge in [0.15, 0.2) is 0 Å². The van der Waals surface area contributed by atoms with E-state index in [1.165, 1.54) is 0 Å². The van der Waals surface area contributed by atoms with E-state index < -0.39 is 0 Å². The first-order valence-electron chi connectivity index (χ1n) is 6.33. The predicted molar refractivity (Wildman–Crippen MR) is 88.0 cm³/mol. The van der Waals surface area contributed by atoms with Gasteiger partial charge in [-0.25, -0.2) is 0 Å². The number of nitrogens with zero attached hydrogens (tertiary/aromatic N) is 1. The lowest BCUT2D eigenvalue weighted by Crippen LogP contribution is -2.30. The van der Waals surface area contributed by atoms with Crippen molar-refractivity contribution in [1.29, 1.82) is 0 Å². The number of thiocarbonyl (C=S) groups is 1. The molecule has 1 aromatic carbocycles. The largest absolute Gasteiger partial charge is 0.393 e. The maximum Gasteiger partial charge on any atom is 0.0740 e. The molecule has 0 aliphatic rings. The van der Waals surface area contributed by atoms with Gasteiger partial charge in [-0.15, -0.1) is 0 Å². The zero-order chi connectivity index (χ0) is 14.4. The van der Waals surface area contributed by atoms with Gasteiger partial charge in [-0.05, 0) is 18.1 Å². The highest BCUT2D eigenvalue weighted by atomic mass is 35.5. The number of benzene rings is 1. The van der Waals surface area contributed by atoms with Crippen LogP contribution in [0.2, 0.25) is 10.0 Å². The summed E-state index contributed by atoms with van der Waals surface area (Å²) in [5.74, 6) is 0.563. The van der Waals surface area contributed by atoms with Crippen LogP contribution in [-0.2, 0) is 6.54 Å². The van der Waals surface area contributed by atoms with Gasteiger partial charge in [0.25, 0.3) is 0 Å². The Balaban J connectivity index is 2.78. The fourth-order valence-corrected chi connectivity index (χ4v) is 2.53. The normalized spacial score (nSPS) is 11.3. The average molecular weight is 319 g/mol. The molecule has 106 valence electrons. The number of hydrogen-bond donors (Lipinski definition) is 1. The van der Waals surface area contributed by atoms with Crippen LogP contribution in [0.4, 0.5) is 0 Å². The third kappa shape index (κ3) is 6.09. The second-order valence-corrected chi connectivity index (χ2v) is 6.38. The van der Waals surface area contributed by atoms with Crippen molar-refractivity contribution in [2.45, 2.75) is 26.8 Å². The van der Waals surface area contributed by atoms with Crippen LogP contribution in [0.5, 0.6) is 0 Å². The standard InChI is InChI=1S/C14H20Cl2N2S/c1-10(2)8-18(7-6-14(17)19)9-11-12(15)4-3-5-13(11)16/h3-5,10H,6-9H2,1-2H3,(H2,17,19). The molecule has 0 fully saturated rings. The third-order valence-corrected chi connectivity index (χ3v) is 3.65. The first kappa shape index (κ1) is 16.7. The van der Waals surface area contributed by atoms with Gasteiger partial charge in [0.1, 0.15) is 0 Å². The van der Waals surface area contributed by atoms with Crippen LogP contribution in [0.25, 0.3) is 0 Å². The van der Waals surface area contributed by atoms with Gasteiger partial charge in [-0.3, -0.25) is 4.90 Å². The molecule has 1 rings (SSSR count). The summed E-state index contributed by atoms with van der Waals surface area (Å²) in [4.78, 5) is 2.83. The van der Waals surface area contributed by atoms with Crippen LogP contribution in [0, 0.1) is 5.92 Å². The topological polar surface area (TPSA) is 29.3 Å². The molecule has 0 spiro atoms. The molecular formula is C14H20Cl2N2S. The summed E-state index contributed by atoms with van der Waals surface area (Å²) in [7, 11) is 0. The highest BCUT2D eigenvalue weighted by Crippen LogP contribution is 2.26. The van der Waals surface area contributed by atoms with Crippen molar-refractivity contribution in [2.75, 3.05) is 13.1 Å². The summed E-state index contributed by atoms with van der Waals surface area (Å²) in [6, 6.07) is 5.59. The maximum atomic E-state index is 6.21. The monoisotopic (exact) mass is 318 g/mol. The molecule has 19 heavy (non-hydrogen) atoms. The van der Waals surface area contributed by atoms with E-state index in [1.807, 2.05) is 18.2 Å². The van der Waals surface area contributed by atoms with Crippen LogP contribution in [0.1, 0.15) is 25.8 Å². The predicted octanol–water partition coefficient (Wildman–Crippen LogP) is 4.13. The van der Waals surface area contributed by atoms with E-state index in [-0.39, 0.29) is 0 Å². The van der Waals surface area contributed by atoms with Gasteiger partial charge < -0.3 is 5.73 Å². The van der Waals surface area contributed by atoms with Gasteiger partial charge in [-0.1, -0.05) is 55.3 Å². The summed E-state index contributed by atoms with van der Waals surface area (Å²) in [6.45, 7) is 6.88. The lowest BCUT2D eigenvalue weighted by atomic mass is 10.1. The van der Waals surface area contributed by atoms with Crippen molar-refractivity contribution in [1.82, 2.24) is 4.90 Å². The van der Waals surface area contributed by atoms with Crippen molar-refractivity contribution in [3.8, 4) is 0 Å². The first-order valence-corrected chi connectivity index (χ1v) is 7.50. The molecular weight excluding hydrogens is 299 g/mol. The van der Waals surface area contributed by atoms with Crippen molar-refractivity contribution in [3.05, 3.63) is 33.8 Å². The lowest BCUT2D eigenvalue weighted by Gasteiger charge is -2.25. The molecule has 0 aliphatic carbocycles. The number of hydrogen-bond acceptors (Lipinski definition) is 2. The second-order valence-electron chi connectivity index (χ2n) is 5.05. The Kier molecular flexibility index (Phi) is 7.08. The fourth-order valence-electron chi connectivity index (χ4n) is 1.93. The summed E-state index contributed by atoms with van der Waals surface area (Å²) in [5, 5.41) is 1.41. The zero-order valence-electron chi connectivity index (χ0n) is 11.3. The number of halogens is 2. The average Bonchev–Trinajstić information content (AvgIpc) is 2.30. The highest BCUT2D eigenvalue weighted by molar-refractivity contribution is 7.80. The lowest BCUT2D eigenvalue weighted by molar-refractivity contribution is 0.243.